The van der Waals surface area contributed by atoms with Crippen molar-refractivity contribution in [2.24, 2.45) is 5.73 Å². The van der Waals surface area contributed by atoms with E-state index in [2.05, 4.69) is 10.6 Å². The van der Waals surface area contributed by atoms with Crippen LogP contribution in [0.5, 0.6) is 0 Å². The quantitative estimate of drug-likeness (QED) is 0.548. The first kappa shape index (κ1) is 14.7. The molecule has 2 heterocycles. The van der Waals surface area contributed by atoms with E-state index in [1.165, 1.54) is 4.90 Å². The van der Waals surface area contributed by atoms with Gasteiger partial charge in [0.15, 0.2) is 0 Å². The Morgan fingerprint density at radius 1 is 1.45 bits per heavy atom. The normalized spacial score (nSPS) is 30.8. The van der Waals surface area contributed by atoms with E-state index >= 15 is 0 Å². The molecule has 3 amide bonds. The van der Waals surface area contributed by atoms with Crippen LogP contribution >= 0.6 is 0 Å². The van der Waals surface area contributed by atoms with Crippen LogP contribution in [0.2, 0.25) is 0 Å². The lowest BCUT2D eigenvalue weighted by molar-refractivity contribution is -0.167. The predicted molar refractivity (Wildman–Crippen MR) is 69.3 cm³/mol. The number of ether oxygens (including phenoxy) is 1. The van der Waals surface area contributed by atoms with Crippen LogP contribution in [0.25, 0.3) is 0 Å². The summed E-state index contributed by atoms with van der Waals surface area (Å²) in [6.45, 7) is 1.81. The van der Waals surface area contributed by atoms with E-state index in [-0.39, 0.29) is 18.4 Å². The summed E-state index contributed by atoms with van der Waals surface area (Å²) >= 11 is 0. The van der Waals surface area contributed by atoms with Crippen molar-refractivity contribution in [3.8, 4) is 0 Å². The molecule has 0 saturated carbocycles. The van der Waals surface area contributed by atoms with Crippen molar-refractivity contribution in [2.75, 3.05) is 13.7 Å². The Balaban J connectivity index is 2.05. The summed E-state index contributed by atoms with van der Waals surface area (Å²) in [5.74, 6) is -1.14. The van der Waals surface area contributed by atoms with Crippen molar-refractivity contribution < 1.29 is 19.1 Å². The van der Waals surface area contributed by atoms with Gasteiger partial charge in [0.2, 0.25) is 17.7 Å². The number of nitrogens with one attached hydrogen (secondary N) is 2. The van der Waals surface area contributed by atoms with E-state index in [1.54, 1.807) is 14.0 Å². The lowest BCUT2D eigenvalue weighted by Gasteiger charge is -2.37. The number of primary amides is 1. The molecule has 1 unspecified atom stereocenters. The van der Waals surface area contributed by atoms with E-state index < -0.39 is 30.3 Å². The summed E-state index contributed by atoms with van der Waals surface area (Å²) in [5, 5.41) is 5.41. The van der Waals surface area contributed by atoms with Gasteiger partial charge in [0.25, 0.3) is 0 Å². The van der Waals surface area contributed by atoms with Gasteiger partial charge in [0.1, 0.15) is 18.3 Å². The van der Waals surface area contributed by atoms with Crippen molar-refractivity contribution in [2.45, 2.75) is 44.1 Å². The third kappa shape index (κ3) is 2.61. The topological polar surface area (TPSA) is 114 Å². The molecule has 0 aromatic rings. The number of rotatable bonds is 4. The maximum atomic E-state index is 12.4. The second kappa shape index (κ2) is 5.76. The molecule has 2 fully saturated rings. The van der Waals surface area contributed by atoms with Crippen LogP contribution in [0.3, 0.4) is 0 Å². The molecule has 20 heavy (non-hydrogen) atoms. The standard InChI is InChI=1S/C12H20N4O4/c1-6(14-2)11(18)15-7-5-20-9-4-3-8(10(13)17)16(9)12(7)19/h6-9,14H,3-5H2,1-2H3,(H2,13,17)(H,15,18)/t6-,7-,8?,9-/m0/s1. The number of nitrogens with zero attached hydrogens (tertiary/aromatic N) is 1. The highest BCUT2D eigenvalue weighted by molar-refractivity contribution is 5.93. The second-order valence-electron chi connectivity index (χ2n) is 5.10. The van der Waals surface area contributed by atoms with Gasteiger partial charge in [-0.3, -0.25) is 14.4 Å². The summed E-state index contributed by atoms with van der Waals surface area (Å²) < 4.78 is 5.54. The van der Waals surface area contributed by atoms with Crippen molar-refractivity contribution in [3.05, 3.63) is 0 Å². The smallest absolute Gasteiger partial charge is 0.250 e. The number of hydrogen-bond donors (Lipinski definition) is 3. The van der Waals surface area contributed by atoms with E-state index in [0.29, 0.717) is 12.8 Å². The van der Waals surface area contributed by atoms with E-state index in [4.69, 9.17) is 10.5 Å². The lowest BCUT2D eigenvalue weighted by atomic mass is 10.1. The van der Waals surface area contributed by atoms with Crippen LogP contribution < -0.4 is 16.4 Å². The molecule has 0 spiro atoms. The lowest BCUT2D eigenvalue weighted by Crippen LogP contribution is -2.62. The van der Waals surface area contributed by atoms with E-state index in [0.717, 1.165) is 0 Å². The first-order chi connectivity index (χ1) is 9.45. The molecule has 2 aliphatic heterocycles. The Kier molecular flexibility index (Phi) is 4.24. The largest absolute Gasteiger partial charge is 0.368 e. The molecule has 0 bridgehead atoms. The maximum absolute atomic E-state index is 12.4. The van der Waals surface area contributed by atoms with Crippen LogP contribution in [0, 0.1) is 0 Å². The van der Waals surface area contributed by atoms with Gasteiger partial charge in [-0.05, 0) is 26.8 Å². The monoisotopic (exact) mass is 284 g/mol. The van der Waals surface area contributed by atoms with Crippen molar-refractivity contribution in [3.63, 3.8) is 0 Å². The molecular formula is C12H20N4O4. The molecule has 2 saturated heterocycles. The van der Waals surface area contributed by atoms with Gasteiger partial charge >= 0.3 is 0 Å². The number of likely N-dealkylation sites (N-methyl/N-ethyl adjacent to an activating group) is 1. The maximum Gasteiger partial charge on any atom is 0.250 e. The van der Waals surface area contributed by atoms with Crippen LogP contribution in [0.1, 0.15) is 19.8 Å². The second-order valence-corrected chi connectivity index (χ2v) is 5.10. The molecule has 0 aromatic heterocycles. The minimum Gasteiger partial charge on any atom is -0.368 e. The zero-order chi connectivity index (χ0) is 14.9. The first-order valence-corrected chi connectivity index (χ1v) is 6.66. The van der Waals surface area contributed by atoms with Gasteiger partial charge < -0.3 is 26.0 Å². The summed E-state index contributed by atoms with van der Waals surface area (Å²) in [4.78, 5) is 36.9. The molecule has 8 nitrogen and oxygen atoms in total. The molecular weight excluding hydrogens is 264 g/mol. The highest BCUT2D eigenvalue weighted by Crippen LogP contribution is 2.28. The Hall–Kier alpha value is -1.67. The summed E-state index contributed by atoms with van der Waals surface area (Å²) in [6.07, 6.45) is 0.682. The van der Waals surface area contributed by atoms with Gasteiger partial charge in [-0.1, -0.05) is 0 Å². The average molecular weight is 284 g/mol. The molecule has 2 rings (SSSR count). The molecule has 8 heteroatoms. The van der Waals surface area contributed by atoms with Crippen molar-refractivity contribution >= 4 is 17.7 Å². The van der Waals surface area contributed by atoms with Crippen LogP contribution in [-0.4, -0.2) is 60.6 Å². The fourth-order valence-electron chi connectivity index (χ4n) is 2.51. The summed E-state index contributed by atoms with van der Waals surface area (Å²) in [6, 6.07) is -1.82. The molecule has 0 radical (unpaired) electrons. The van der Waals surface area contributed by atoms with Gasteiger partial charge in [0, 0.05) is 0 Å². The van der Waals surface area contributed by atoms with Crippen molar-refractivity contribution in [1.29, 1.82) is 0 Å². The van der Waals surface area contributed by atoms with Crippen LogP contribution in [-0.2, 0) is 19.1 Å². The van der Waals surface area contributed by atoms with Gasteiger partial charge in [0.05, 0.1) is 12.6 Å². The molecule has 4 N–H and O–H groups in total. The Bertz CT molecular complexity index is 428. The zero-order valence-corrected chi connectivity index (χ0v) is 11.6. The highest BCUT2D eigenvalue weighted by Gasteiger charge is 2.46. The third-order valence-corrected chi connectivity index (χ3v) is 3.81. The van der Waals surface area contributed by atoms with E-state index in [1.807, 2.05) is 0 Å². The minimum atomic E-state index is -0.769. The predicted octanol–water partition coefficient (Wildman–Crippen LogP) is -2.09. The summed E-state index contributed by atoms with van der Waals surface area (Å²) in [7, 11) is 1.66. The van der Waals surface area contributed by atoms with Crippen LogP contribution in [0.15, 0.2) is 0 Å². The molecule has 0 aliphatic carbocycles. The minimum absolute atomic E-state index is 0.119. The average Bonchev–Trinajstić information content (AvgIpc) is 2.85. The van der Waals surface area contributed by atoms with Gasteiger partial charge in [-0.25, -0.2) is 0 Å². The van der Waals surface area contributed by atoms with Crippen LogP contribution in [0.4, 0.5) is 0 Å². The fourth-order valence-corrected chi connectivity index (χ4v) is 2.51. The highest BCUT2D eigenvalue weighted by atomic mass is 16.5. The number of carbonyl (C=O) groups excluding carboxylic acids is 3. The summed E-state index contributed by atoms with van der Waals surface area (Å²) in [5.41, 5.74) is 5.30. The Morgan fingerprint density at radius 3 is 2.75 bits per heavy atom. The molecule has 112 valence electrons. The number of fused-ring (bicyclic) bond motifs is 1. The zero-order valence-electron chi connectivity index (χ0n) is 11.6. The number of nitrogens with two attached hydrogens (primary N) is 1. The Labute approximate surface area is 117 Å². The first-order valence-electron chi connectivity index (χ1n) is 6.66. The van der Waals surface area contributed by atoms with Gasteiger partial charge in [-0.15, -0.1) is 0 Å². The number of amides is 3. The third-order valence-electron chi connectivity index (χ3n) is 3.81. The van der Waals surface area contributed by atoms with Crippen molar-refractivity contribution in [1.82, 2.24) is 15.5 Å². The number of hydrogen-bond acceptors (Lipinski definition) is 5. The van der Waals surface area contributed by atoms with Gasteiger partial charge in [-0.2, -0.15) is 0 Å². The molecule has 4 atom stereocenters. The fraction of sp³-hybridized carbons (Fsp3) is 0.750. The number of carbonyl (C=O) groups is 3. The SMILES string of the molecule is CN[C@@H](C)C(=O)N[C@H]1CO[C@H]2CCC(C(N)=O)N2C1=O. The molecule has 0 aromatic carbocycles. The Morgan fingerprint density at radius 2 is 2.15 bits per heavy atom. The van der Waals surface area contributed by atoms with E-state index in [9.17, 15) is 14.4 Å². The molecule has 2 aliphatic rings.